The molecule has 1 heterocycles. The van der Waals surface area contributed by atoms with Crippen molar-refractivity contribution in [3.63, 3.8) is 0 Å². The Hall–Kier alpha value is -2.84. The fraction of sp³-hybridized carbons (Fsp3) is 0.375. The predicted octanol–water partition coefficient (Wildman–Crippen LogP) is 4.17. The fourth-order valence-corrected chi connectivity index (χ4v) is 4.01. The first kappa shape index (κ1) is 24.8. The molecule has 33 heavy (non-hydrogen) atoms. The number of rotatable bonds is 6. The molecule has 1 fully saturated rings. The molecule has 2 amide bonds. The van der Waals surface area contributed by atoms with Crippen LogP contribution in [0.5, 0.6) is 5.75 Å². The minimum Gasteiger partial charge on any atom is -0.497 e. The van der Waals surface area contributed by atoms with Crippen LogP contribution in [0.4, 0.5) is 11.4 Å². The number of piperazine rings is 1. The zero-order valence-corrected chi connectivity index (χ0v) is 20.6. The highest BCUT2D eigenvalue weighted by Crippen LogP contribution is 2.30. The molecule has 7 nitrogen and oxygen atoms in total. The molecule has 1 aliphatic rings. The molecule has 0 spiro atoms. The lowest BCUT2D eigenvalue weighted by Crippen LogP contribution is -2.49. The fourth-order valence-electron chi connectivity index (χ4n) is 3.63. The van der Waals surface area contributed by atoms with Crippen LogP contribution >= 0.6 is 23.8 Å². The summed E-state index contributed by atoms with van der Waals surface area (Å²) in [5.41, 5.74) is 2.08. The number of nitrogens with zero attached hydrogens (tertiary/aromatic N) is 2. The minimum absolute atomic E-state index is 0.171. The average molecular weight is 489 g/mol. The van der Waals surface area contributed by atoms with Gasteiger partial charge in [0, 0.05) is 43.2 Å². The summed E-state index contributed by atoms with van der Waals surface area (Å²) in [5.74, 6) is 0.885. The van der Waals surface area contributed by atoms with Gasteiger partial charge in [0.25, 0.3) is 5.91 Å². The molecule has 0 bridgehead atoms. The second-order valence-corrected chi connectivity index (χ2v) is 9.11. The Labute approximate surface area is 205 Å². The van der Waals surface area contributed by atoms with Crippen LogP contribution in [-0.2, 0) is 4.79 Å². The summed E-state index contributed by atoms with van der Waals surface area (Å²) in [6.45, 7) is 6.82. The lowest BCUT2D eigenvalue weighted by Gasteiger charge is -2.37. The Bertz CT molecular complexity index is 1010. The molecule has 0 atom stereocenters. The Morgan fingerprint density at radius 3 is 2.36 bits per heavy atom. The van der Waals surface area contributed by atoms with Gasteiger partial charge < -0.3 is 19.9 Å². The molecule has 0 aliphatic carbocycles. The maximum atomic E-state index is 12.5. The summed E-state index contributed by atoms with van der Waals surface area (Å²) in [4.78, 5) is 29.0. The van der Waals surface area contributed by atoms with E-state index >= 15 is 0 Å². The van der Waals surface area contributed by atoms with Crippen LogP contribution in [0.1, 0.15) is 30.6 Å². The van der Waals surface area contributed by atoms with Crippen molar-refractivity contribution in [1.82, 2.24) is 10.2 Å². The molecule has 0 aromatic heterocycles. The monoisotopic (exact) mass is 488 g/mol. The van der Waals surface area contributed by atoms with E-state index in [1.165, 1.54) is 0 Å². The molecule has 176 valence electrons. The molecular formula is C24H29ClN4O3S. The maximum absolute atomic E-state index is 12.5. The van der Waals surface area contributed by atoms with E-state index in [0.717, 1.165) is 5.69 Å². The van der Waals surface area contributed by atoms with Crippen LogP contribution in [0, 0.1) is 5.92 Å². The number of ether oxygens (including phenoxy) is 1. The number of anilines is 2. The first-order chi connectivity index (χ1) is 15.8. The van der Waals surface area contributed by atoms with E-state index in [-0.39, 0.29) is 16.9 Å². The molecule has 3 rings (SSSR count). The highest BCUT2D eigenvalue weighted by atomic mass is 35.5. The standard InChI is InChI=1S/C24H29ClN4O3S/c1-16(2)14-22(30)29-12-10-28(11-13-29)21-9-6-18(25)15-20(21)26-24(33)27-23(31)17-4-7-19(32-3)8-5-17/h4-9,15-16H,10-14H2,1-3H3,(H2,26,27,31,33). The third-order valence-electron chi connectivity index (χ3n) is 5.34. The van der Waals surface area contributed by atoms with Crippen molar-refractivity contribution >= 4 is 52.1 Å². The lowest BCUT2D eigenvalue weighted by atomic mass is 10.1. The van der Waals surface area contributed by atoms with Crippen LogP contribution in [0.25, 0.3) is 0 Å². The molecule has 2 aromatic rings. The van der Waals surface area contributed by atoms with E-state index in [1.54, 1.807) is 37.4 Å². The topological polar surface area (TPSA) is 73.9 Å². The number of carbonyl (C=O) groups is 2. The largest absolute Gasteiger partial charge is 0.497 e. The van der Waals surface area contributed by atoms with E-state index in [2.05, 4.69) is 29.4 Å². The Morgan fingerprint density at radius 2 is 1.76 bits per heavy atom. The molecule has 2 aromatic carbocycles. The molecule has 0 saturated carbocycles. The van der Waals surface area contributed by atoms with Crippen molar-refractivity contribution in [2.45, 2.75) is 20.3 Å². The normalized spacial score (nSPS) is 13.6. The van der Waals surface area contributed by atoms with Gasteiger partial charge in [-0.1, -0.05) is 25.4 Å². The number of benzene rings is 2. The van der Waals surface area contributed by atoms with Crippen LogP contribution in [0.2, 0.25) is 5.02 Å². The van der Waals surface area contributed by atoms with Crippen molar-refractivity contribution in [3.05, 3.63) is 53.1 Å². The minimum atomic E-state index is -0.323. The van der Waals surface area contributed by atoms with Gasteiger partial charge in [-0.3, -0.25) is 14.9 Å². The second kappa shape index (κ2) is 11.3. The number of halogens is 1. The van der Waals surface area contributed by atoms with Crippen LogP contribution < -0.4 is 20.3 Å². The quantitative estimate of drug-likeness (QED) is 0.594. The van der Waals surface area contributed by atoms with Crippen molar-refractivity contribution in [3.8, 4) is 5.75 Å². The van der Waals surface area contributed by atoms with Gasteiger partial charge in [0.2, 0.25) is 5.91 Å². The number of amides is 2. The first-order valence-electron chi connectivity index (χ1n) is 10.9. The van der Waals surface area contributed by atoms with E-state index in [4.69, 9.17) is 28.6 Å². The Morgan fingerprint density at radius 1 is 1.09 bits per heavy atom. The second-order valence-electron chi connectivity index (χ2n) is 8.26. The number of thiocarbonyl (C=S) groups is 1. The zero-order chi connectivity index (χ0) is 24.0. The van der Waals surface area contributed by atoms with Crippen LogP contribution in [0.3, 0.4) is 0 Å². The third kappa shape index (κ3) is 6.82. The van der Waals surface area contributed by atoms with E-state index < -0.39 is 0 Å². The van der Waals surface area contributed by atoms with E-state index in [9.17, 15) is 9.59 Å². The molecule has 1 saturated heterocycles. The smallest absolute Gasteiger partial charge is 0.257 e. The van der Waals surface area contributed by atoms with Crippen LogP contribution in [0.15, 0.2) is 42.5 Å². The summed E-state index contributed by atoms with van der Waals surface area (Å²) in [5, 5.41) is 6.52. The molecule has 1 aliphatic heterocycles. The molecule has 2 N–H and O–H groups in total. The van der Waals surface area contributed by atoms with Gasteiger partial charge in [-0.05, 0) is 60.6 Å². The summed E-state index contributed by atoms with van der Waals surface area (Å²) >= 11 is 11.6. The molecule has 0 radical (unpaired) electrons. The summed E-state index contributed by atoms with van der Waals surface area (Å²) in [6.07, 6.45) is 0.565. The summed E-state index contributed by atoms with van der Waals surface area (Å²) in [7, 11) is 1.57. The number of carbonyl (C=O) groups excluding carboxylic acids is 2. The number of nitrogens with one attached hydrogen (secondary N) is 2. The van der Waals surface area contributed by atoms with Gasteiger partial charge in [0.1, 0.15) is 5.75 Å². The SMILES string of the molecule is COc1ccc(C(=O)NC(=S)Nc2cc(Cl)ccc2N2CCN(C(=O)CC(C)C)CC2)cc1. The number of hydrogen-bond donors (Lipinski definition) is 2. The lowest BCUT2D eigenvalue weighted by molar-refractivity contribution is -0.132. The summed E-state index contributed by atoms with van der Waals surface area (Å²) < 4.78 is 5.12. The maximum Gasteiger partial charge on any atom is 0.257 e. The van der Waals surface area contributed by atoms with E-state index in [1.807, 2.05) is 17.0 Å². The summed E-state index contributed by atoms with van der Waals surface area (Å²) in [6, 6.07) is 12.3. The molecule has 0 unspecified atom stereocenters. The van der Waals surface area contributed by atoms with Crippen molar-refractivity contribution in [2.75, 3.05) is 43.5 Å². The van der Waals surface area contributed by atoms with Gasteiger partial charge >= 0.3 is 0 Å². The van der Waals surface area contributed by atoms with Crippen molar-refractivity contribution in [2.24, 2.45) is 5.92 Å². The highest BCUT2D eigenvalue weighted by molar-refractivity contribution is 7.80. The molecule has 9 heteroatoms. The van der Waals surface area contributed by atoms with Gasteiger partial charge in [-0.2, -0.15) is 0 Å². The van der Waals surface area contributed by atoms with Crippen molar-refractivity contribution in [1.29, 1.82) is 0 Å². The third-order valence-corrected chi connectivity index (χ3v) is 5.78. The van der Waals surface area contributed by atoms with Gasteiger partial charge in [0.15, 0.2) is 5.11 Å². The number of hydrogen-bond acceptors (Lipinski definition) is 5. The molecular weight excluding hydrogens is 460 g/mol. The predicted molar refractivity (Wildman–Crippen MR) is 136 cm³/mol. The van der Waals surface area contributed by atoms with Crippen LogP contribution in [-0.4, -0.2) is 55.1 Å². The van der Waals surface area contributed by atoms with Gasteiger partial charge in [-0.15, -0.1) is 0 Å². The van der Waals surface area contributed by atoms with Gasteiger partial charge in [0.05, 0.1) is 18.5 Å². The Balaban J connectivity index is 1.64. The Kier molecular flexibility index (Phi) is 8.52. The average Bonchev–Trinajstić information content (AvgIpc) is 2.79. The van der Waals surface area contributed by atoms with E-state index in [0.29, 0.717) is 60.5 Å². The van der Waals surface area contributed by atoms with Gasteiger partial charge in [-0.25, -0.2) is 0 Å². The number of methoxy groups -OCH3 is 1. The first-order valence-corrected chi connectivity index (χ1v) is 11.6. The zero-order valence-electron chi connectivity index (χ0n) is 19.1. The highest BCUT2D eigenvalue weighted by Gasteiger charge is 2.23. The van der Waals surface area contributed by atoms with Crippen molar-refractivity contribution < 1.29 is 14.3 Å².